The van der Waals surface area contributed by atoms with Gasteiger partial charge in [0.25, 0.3) is 0 Å². The van der Waals surface area contributed by atoms with Gasteiger partial charge in [0.2, 0.25) is 29.5 Å². The number of nitrogens with one attached hydrogen (secondary N) is 2. The number of nitrogens with zero attached hydrogens (tertiary/aromatic N) is 3. The molecule has 5 rings (SSSR count). The molecular weight excluding hydrogens is 534 g/mol. The number of ether oxygens (including phenoxy) is 1. The standard InChI is InChI=1S/C32H43N5O5/c1-22(2)30-36-35-27(42-30)11-12-28(38)37-17-13-25-24(21-37)10-6-7-14-32(15-18-41-19-16-32)31(40)34-26(29(39)33-25)20-23-8-4-3-5-9-23/h3-9,22,24-26H,10-21H2,1-2H3,(H,33,39)(H,34,40)/b7-6+/t24-,25+,26-/m1/s1. The van der Waals surface area contributed by atoms with E-state index in [1.54, 1.807) is 0 Å². The molecule has 10 nitrogen and oxygen atoms in total. The van der Waals surface area contributed by atoms with Crippen LogP contribution < -0.4 is 10.6 Å². The molecule has 42 heavy (non-hydrogen) atoms. The minimum atomic E-state index is -0.687. The summed E-state index contributed by atoms with van der Waals surface area (Å²) in [6.07, 6.45) is 8.57. The van der Waals surface area contributed by atoms with Crippen molar-refractivity contribution in [3.63, 3.8) is 0 Å². The van der Waals surface area contributed by atoms with Crippen molar-refractivity contribution in [3.05, 3.63) is 59.8 Å². The summed E-state index contributed by atoms with van der Waals surface area (Å²) in [6.45, 7) is 6.16. The van der Waals surface area contributed by atoms with Gasteiger partial charge in [-0.05, 0) is 37.7 Å². The van der Waals surface area contributed by atoms with Crippen molar-refractivity contribution in [1.29, 1.82) is 0 Å². The number of fused-ring (bicyclic) bond motifs is 1. The molecule has 226 valence electrons. The van der Waals surface area contributed by atoms with E-state index in [1.807, 2.05) is 49.1 Å². The molecule has 3 amide bonds. The Hall–Kier alpha value is -3.53. The number of likely N-dealkylation sites (tertiary alicyclic amines) is 1. The molecular formula is C32H43N5O5. The highest BCUT2D eigenvalue weighted by molar-refractivity contribution is 5.90. The first kappa shape index (κ1) is 29.9. The van der Waals surface area contributed by atoms with Gasteiger partial charge in [-0.2, -0.15) is 0 Å². The fourth-order valence-electron chi connectivity index (χ4n) is 6.18. The van der Waals surface area contributed by atoms with Crippen LogP contribution in [0.25, 0.3) is 0 Å². The maximum Gasteiger partial charge on any atom is 0.243 e. The molecule has 0 saturated carbocycles. The number of benzene rings is 1. The highest BCUT2D eigenvalue weighted by Gasteiger charge is 2.41. The quantitative estimate of drug-likeness (QED) is 0.505. The van der Waals surface area contributed by atoms with E-state index >= 15 is 0 Å². The molecule has 2 fully saturated rings. The van der Waals surface area contributed by atoms with Crippen molar-refractivity contribution < 1.29 is 23.5 Å². The fraction of sp³-hybridized carbons (Fsp3) is 0.594. The fourth-order valence-corrected chi connectivity index (χ4v) is 6.18. The molecule has 0 aliphatic carbocycles. The van der Waals surface area contributed by atoms with Crippen LogP contribution in [-0.4, -0.2) is 71.2 Å². The second kappa shape index (κ2) is 13.6. The average molecular weight is 578 g/mol. The van der Waals surface area contributed by atoms with Crippen LogP contribution in [0, 0.1) is 11.3 Å². The number of aromatic nitrogens is 2. The third-order valence-electron chi connectivity index (χ3n) is 8.89. The van der Waals surface area contributed by atoms with E-state index in [0.717, 1.165) is 5.56 Å². The summed E-state index contributed by atoms with van der Waals surface area (Å²) < 4.78 is 11.3. The second-order valence-corrected chi connectivity index (χ2v) is 12.2. The van der Waals surface area contributed by atoms with Crippen molar-refractivity contribution >= 4 is 17.7 Å². The summed E-state index contributed by atoms with van der Waals surface area (Å²) >= 11 is 0. The first-order valence-electron chi connectivity index (χ1n) is 15.3. The maximum absolute atomic E-state index is 13.8. The van der Waals surface area contributed by atoms with E-state index in [1.165, 1.54) is 0 Å². The van der Waals surface area contributed by atoms with Gasteiger partial charge in [-0.3, -0.25) is 14.4 Å². The third kappa shape index (κ3) is 7.27. The van der Waals surface area contributed by atoms with Crippen LogP contribution in [-0.2, 0) is 32.0 Å². The van der Waals surface area contributed by atoms with Gasteiger partial charge in [0.15, 0.2) is 0 Å². The first-order chi connectivity index (χ1) is 20.3. The number of piperidine rings is 1. The van der Waals surface area contributed by atoms with Crippen LogP contribution in [0.5, 0.6) is 0 Å². The minimum absolute atomic E-state index is 0.0505. The van der Waals surface area contributed by atoms with E-state index in [4.69, 9.17) is 9.15 Å². The first-order valence-corrected chi connectivity index (χ1v) is 15.3. The summed E-state index contributed by atoms with van der Waals surface area (Å²) in [5.74, 6) is 1.07. The van der Waals surface area contributed by atoms with Crippen molar-refractivity contribution in [3.8, 4) is 0 Å². The van der Waals surface area contributed by atoms with Gasteiger partial charge in [-0.25, -0.2) is 0 Å². The van der Waals surface area contributed by atoms with E-state index in [2.05, 4.69) is 33.0 Å². The van der Waals surface area contributed by atoms with Crippen LogP contribution in [0.4, 0.5) is 0 Å². The molecule has 0 radical (unpaired) electrons. The van der Waals surface area contributed by atoms with E-state index < -0.39 is 11.5 Å². The highest BCUT2D eigenvalue weighted by Crippen LogP contribution is 2.36. The molecule has 3 aliphatic rings. The Morgan fingerprint density at radius 3 is 2.62 bits per heavy atom. The predicted molar refractivity (Wildman–Crippen MR) is 156 cm³/mol. The van der Waals surface area contributed by atoms with Crippen LogP contribution in [0.3, 0.4) is 0 Å². The lowest BCUT2D eigenvalue weighted by Gasteiger charge is -2.40. The molecule has 0 unspecified atom stereocenters. The summed E-state index contributed by atoms with van der Waals surface area (Å²) in [5, 5.41) is 14.5. The smallest absolute Gasteiger partial charge is 0.243 e. The van der Waals surface area contributed by atoms with Crippen molar-refractivity contribution in [1.82, 2.24) is 25.7 Å². The Bertz CT molecular complexity index is 1250. The average Bonchev–Trinajstić information content (AvgIpc) is 3.48. The summed E-state index contributed by atoms with van der Waals surface area (Å²) in [6, 6.07) is 9.01. The number of hydrogen-bond donors (Lipinski definition) is 2. The third-order valence-corrected chi connectivity index (χ3v) is 8.89. The van der Waals surface area contributed by atoms with Crippen LogP contribution in [0.15, 0.2) is 46.9 Å². The van der Waals surface area contributed by atoms with E-state index in [-0.39, 0.29) is 35.6 Å². The number of aryl methyl sites for hydroxylation is 1. The van der Waals surface area contributed by atoms with Gasteiger partial charge in [0, 0.05) is 63.4 Å². The SMILES string of the molecule is CC(C)c1nnc(CCC(=O)N2CC[C@@H]3NC(=O)[C@@H](Cc4ccccc4)NC(=O)C4(C/C=C/C[C@@H]3C2)CCOCC4)o1. The Morgan fingerprint density at radius 2 is 1.88 bits per heavy atom. The van der Waals surface area contributed by atoms with Crippen LogP contribution >= 0.6 is 0 Å². The Labute approximate surface area is 247 Å². The van der Waals surface area contributed by atoms with Crippen LogP contribution in [0.2, 0.25) is 0 Å². The zero-order chi connectivity index (χ0) is 29.5. The van der Waals surface area contributed by atoms with Gasteiger partial charge in [-0.1, -0.05) is 56.3 Å². The maximum atomic E-state index is 13.8. The monoisotopic (exact) mass is 577 g/mol. The van der Waals surface area contributed by atoms with Gasteiger partial charge in [-0.15, -0.1) is 10.2 Å². The molecule has 0 bridgehead atoms. The Kier molecular flexibility index (Phi) is 9.72. The van der Waals surface area contributed by atoms with Gasteiger partial charge in [0.05, 0.1) is 5.41 Å². The Morgan fingerprint density at radius 1 is 1.10 bits per heavy atom. The lowest BCUT2D eigenvalue weighted by molar-refractivity contribution is -0.140. The molecule has 3 aliphatic heterocycles. The predicted octanol–water partition coefficient (Wildman–Crippen LogP) is 3.33. The molecule has 1 aromatic heterocycles. The van der Waals surface area contributed by atoms with Gasteiger partial charge >= 0.3 is 0 Å². The van der Waals surface area contributed by atoms with Crippen molar-refractivity contribution in [2.24, 2.45) is 11.3 Å². The highest BCUT2D eigenvalue weighted by atomic mass is 16.5. The number of hydrogen-bond acceptors (Lipinski definition) is 7. The van der Waals surface area contributed by atoms with Gasteiger partial charge < -0.3 is 24.7 Å². The molecule has 4 heterocycles. The van der Waals surface area contributed by atoms with Crippen molar-refractivity contribution in [2.45, 2.75) is 83.2 Å². The molecule has 2 N–H and O–H groups in total. The zero-order valence-electron chi connectivity index (χ0n) is 24.7. The van der Waals surface area contributed by atoms with E-state index in [0.29, 0.717) is 89.5 Å². The van der Waals surface area contributed by atoms with E-state index in [9.17, 15) is 14.4 Å². The molecule has 1 spiro atoms. The molecule has 2 aromatic rings. The Balaban J connectivity index is 1.30. The minimum Gasteiger partial charge on any atom is -0.425 e. The number of amides is 3. The molecule has 10 heteroatoms. The normalized spacial score (nSPS) is 25.6. The number of carbonyl (C=O) groups is 3. The summed E-state index contributed by atoms with van der Waals surface area (Å²) in [7, 11) is 0. The molecule has 3 atom stereocenters. The summed E-state index contributed by atoms with van der Waals surface area (Å²) in [4.78, 5) is 42.6. The number of allylic oxidation sites excluding steroid dienone is 2. The second-order valence-electron chi connectivity index (χ2n) is 12.2. The lowest BCUT2D eigenvalue weighted by Crippen LogP contribution is -2.58. The molecule has 2 saturated heterocycles. The number of rotatable bonds is 6. The summed E-state index contributed by atoms with van der Waals surface area (Å²) in [5.41, 5.74) is 0.395. The topological polar surface area (TPSA) is 127 Å². The zero-order valence-corrected chi connectivity index (χ0v) is 24.7. The van der Waals surface area contributed by atoms with Crippen molar-refractivity contribution in [2.75, 3.05) is 26.3 Å². The largest absolute Gasteiger partial charge is 0.425 e. The van der Waals surface area contributed by atoms with Gasteiger partial charge in [0.1, 0.15) is 6.04 Å². The lowest BCUT2D eigenvalue weighted by atomic mass is 9.75. The van der Waals surface area contributed by atoms with Crippen LogP contribution in [0.1, 0.15) is 75.6 Å². The molecule has 1 aromatic carbocycles. The number of carbonyl (C=O) groups excluding carboxylic acids is 3.